The Bertz CT molecular complexity index is 490. The van der Waals surface area contributed by atoms with E-state index in [1.54, 1.807) is 17.5 Å². The maximum Gasteiger partial charge on any atom is 0.0950 e. The molecule has 2 aromatic heterocycles. The van der Waals surface area contributed by atoms with Gasteiger partial charge in [0.25, 0.3) is 0 Å². The van der Waals surface area contributed by atoms with Crippen molar-refractivity contribution in [2.45, 2.75) is 32.8 Å². The lowest BCUT2D eigenvalue weighted by Gasteiger charge is -2.09. The van der Waals surface area contributed by atoms with Gasteiger partial charge in [-0.25, -0.2) is 4.98 Å². The number of aliphatic hydroxyl groups excluding tert-OH is 1. The topological polar surface area (TPSA) is 50.9 Å². The van der Waals surface area contributed by atoms with E-state index in [2.05, 4.69) is 10.1 Å². The third kappa shape index (κ3) is 2.73. The number of aryl methyl sites for hydroxylation is 2. The molecule has 2 heterocycles. The standard InChI is InChI=1S/C12H17N3OS/c1-8-11(9(2)15(3)14-8)6-10(16)7-12-13-4-5-17-12/h4-5,10,16H,6-7H2,1-3H3. The fraction of sp³-hybridized carbons (Fsp3) is 0.500. The highest BCUT2D eigenvalue weighted by molar-refractivity contribution is 7.09. The van der Waals surface area contributed by atoms with Crippen LogP contribution in [0.5, 0.6) is 0 Å². The Morgan fingerprint density at radius 2 is 2.18 bits per heavy atom. The summed E-state index contributed by atoms with van der Waals surface area (Å²) in [6, 6.07) is 0. The second kappa shape index (κ2) is 4.98. The maximum atomic E-state index is 10.1. The fourth-order valence-electron chi connectivity index (χ4n) is 1.98. The predicted octanol–water partition coefficient (Wildman–Crippen LogP) is 1.64. The summed E-state index contributed by atoms with van der Waals surface area (Å²) >= 11 is 1.58. The maximum absolute atomic E-state index is 10.1. The molecule has 92 valence electrons. The van der Waals surface area contributed by atoms with Crippen LogP contribution in [0.3, 0.4) is 0 Å². The monoisotopic (exact) mass is 251 g/mol. The van der Waals surface area contributed by atoms with Crippen molar-refractivity contribution in [2.75, 3.05) is 0 Å². The third-order valence-corrected chi connectivity index (χ3v) is 3.79. The van der Waals surface area contributed by atoms with Gasteiger partial charge in [0.05, 0.1) is 16.8 Å². The molecule has 0 amide bonds. The molecule has 5 heteroatoms. The summed E-state index contributed by atoms with van der Waals surface area (Å²) in [4.78, 5) is 4.19. The Labute approximate surface area is 105 Å². The summed E-state index contributed by atoms with van der Waals surface area (Å²) in [7, 11) is 1.93. The van der Waals surface area contributed by atoms with Crippen LogP contribution < -0.4 is 0 Å². The van der Waals surface area contributed by atoms with Crippen LogP contribution >= 0.6 is 11.3 Å². The van der Waals surface area contributed by atoms with Crippen molar-refractivity contribution in [1.82, 2.24) is 14.8 Å². The van der Waals surface area contributed by atoms with Gasteiger partial charge in [-0.05, 0) is 19.4 Å². The summed E-state index contributed by atoms with van der Waals surface area (Å²) in [5, 5.41) is 17.3. The number of hydrogen-bond donors (Lipinski definition) is 1. The first-order chi connectivity index (χ1) is 8.08. The summed E-state index contributed by atoms with van der Waals surface area (Å²) < 4.78 is 1.86. The molecule has 2 aromatic rings. The van der Waals surface area contributed by atoms with Crippen molar-refractivity contribution in [3.63, 3.8) is 0 Å². The first kappa shape index (κ1) is 12.3. The quantitative estimate of drug-likeness (QED) is 0.898. The SMILES string of the molecule is Cc1nn(C)c(C)c1CC(O)Cc1nccs1. The zero-order valence-corrected chi connectivity index (χ0v) is 11.2. The molecule has 0 saturated carbocycles. The number of aliphatic hydroxyl groups is 1. The van der Waals surface area contributed by atoms with Gasteiger partial charge in [-0.15, -0.1) is 11.3 Å². The molecule has 4 nitrogen and oxygen atoms in total. The molecule has 0 spiro atoms. The molecule has 0 radical (unpaired) electrons. The second-order valence-electron chi connectivity index (χ2n) is 4.26. The van der Waals surface area contributed by atoms with Crippen LogP contribution in [-0.2, 0) is 19.9 Å². The van der Waals surface area contributed by atoms with Crippen molar-refractivity contribution in [1.29, 1.82) is 0 Å². The van der Waals surface area contributed by atoms with Crippen molar-refractivity contribution in [3.8, 4) is 0 Å². The minimum Gasteiger partial charge on any atom is -0.392 e. The molecule has 1 N–H and O–H groups in total. The van der Waals surface area contributed by atoms with E-state index in [0.717, 1.165) is 22.0 Å². The number of nitrogens with zero attached hydrogens (tertiary/aromatic N) is 3. The average Bonchev–Trinajstić information content (AvgIpc) is 2.83. The molecule has 17 heavy (non-hydrogen) atoms. The van der Waals surface area contributed by atoms with Crippen LogP contribution in [0.2, 0.25) is 0 Å². The fourth-order valence-corrected chi connectivity index (χ4v) is 2.67. The van der Waals surface area contributed by atoms with E-state index in [1.807, 2.05) is 31.0 Å². The summed E-state index contributed by atoms with van der Waals surface area (Å²) in [6.45, 7) is 4.02. The van der Waals surface area contributed by atoms with E-state index in [-0.39, 0.29) is 6.10 Å². The van der Waals surface area contributed by atoms with Crippen LogP contribution in [0, 0.1) is 13.8 Å². The third-order valence-electron chi connectivity index (χ3n) is 2.99. The Balaban J connectivity index is 2.05. The van der Waals surface area contributed by atoms with Gasteiger partial charge in [0.15, 0.2) is 0 Å². The zero-order chi connectivity index (χ0) is 12.4. The van der Waals surface area contributed by atoms with Gasteiger partial charge in [-0.2, -0.15) is 5.10 Å². The number of rotatable bonds is 4. The van der Waals surface area contributed by atoms with Crippen molar-refractivity contribution >= 4 is 11.3 Å². The normalized spacial score (nSPS) is 12.9. The molecule has 0 aliphatic rings. The predicted molar refractivity (Wildman–Crippen MR) is 68.2 cm³/mol. The van der Waals surface area contributed by atoms with Gasteiger partial charge in [0, 0.05) is 37.2 Å². The molecule has 2 rings (SSSR count). The lowest BCUT2D eigenvalue weighted by Crippen LogP contribution is -2.14. The summed E-state index contributed by atoms with van der Waals surface area (Å²) in [5.41, 5.74) is 3.28. The van der Waals surface area contributed by atoms with Gasteiger partial charge >= 0.3 is 0 Å². The van der Waals surface area contributed by atoms with Crippen molar-refractivity contribution < 1.29 is 5.11 Å². The van der Waals surface area contributed by atoms with Crippen LogP contribution in [0.1, 0.15) is 22.0 Å². The molecule has 0 aliphatic carbocycles. The molecule has 0 bridgehead atoms. The van der Waals surface area contributed by atoms with Gasteiger partial charge in [0.1, 0.15) is 0 Å². The van der Waals surface area contributed by atoms with Crippen molar-refractivity contribution in [3.05, 3.63) is 33.5 Å². The molecule has 0 aromatic carbocycles. The highest BCUT2D eigenvalue weighted by Gasteiger charge is 2.15. The van der Waals surface area contributed by atoms with E-state index in [9.17, 15) is 5.11 Å². The van der Waals surface area contributed by atoms with Gasteiger partial charge < -0.3 is 5.11 Å². The van der Waals surface area contributed by atoms with Gasteiger partial charge in [0.2, 0.25) is 0 Å². The Hall–Kier alpha value is -1.20. The van der Waals surface area contributed by atoms with E-state index in [4.69, 9.17) is 0 Å². The largest absolute Gasteiger partial charge is 0.392 e. The molecular formula is C12H17N3OS. The minimum atomic E-state index is -0.386. The Morgan fingerprint density at radius 3 is 2.71 bits per heavy atom. The number of hydrogen-bond acceptors (Lipinski definition) is 4. The molecule has 0 saturated heterocycles. The summed E-state index contributed by atoms with van der Waals surface area (Å²) in [6.07, 6.45) is 2.65. The summed E-state index contributed by atoms with van der Waals surface area (Å²) in [5.74, 6) is 0. The molecule has 1 atom stereocenters. The lowest BCUT2D eigenvalue weighted by molar-refractivity contribution is 0.175. The average molecular weight is 251 g/mol. The van der Waals surface area contributed by atoms with E-state index < -0.39 is 0 Å². The molecular weight excluding hydrogens is 234 g/mol. The Morgan fingerprint density at radius 1 is 1.41 bits per heavy atom. The van der Waals surface area contributed by atoms with E-state index >= 15 is 0 Å². The highest BCUT2D eigenvalue weighted by Crippen LogP contribution is 2.16. The molecule has 0 aliphatic heterocycles. The second-order valence-corrected chi connectivity index (χ2v) is 5.24. The van der Waals surface area contributed by atoms with Crippen LogP contribution in [0.15, 0.2) is 11.6 Å². The minimum absolute atomic E-state index is 0.386. The van der Waals surface area contributed by atoms with Gasteiger partial charge in [-0.1, -0.05) is 0 Å². The Kier molecular flexibility index (Phi) is 3.59. The van der Waals surface area contributed by atoms with E-state index in [0.29, 0.717) is 12.8 Å². The first-order valence-electron chi connectivity index (χ1n) is 5.63. The van der Waals surface area contributed by atoms with Crippen molar-refractivity contribution in [2.24, 2.45) is 7.05 Å². The smallest absolute Gasteiger partial charge is 0.0950 e. The molecule has 0 fully saturated rings. The van der Waals surface area contributed by atoms with E-state index in [1.165, 1.54) is 0 Å². The first-order valence-corrected chi connectivity index (χ1v) is 6.51. The lowest BCUT2D eigenvalue weighted by atomic mass is 10.0. The zero-order valence-electron chi connectivity index (χ0n) is 10.3. The van der Waals surface area contributed by atoms with Crippen LogP contribution in [0.25, 0.3) is 0 Å². The highest BCUT2D eigenvalue weighted by atomic mass is 32.1. The number of thiazole rings is 1. The van der Waals surface area contributed by atoms with Crippen LogP contribution in [0.4, 0.5) is 0 Å². The van der Waals surface area contributed by atoms with Gasteiger partial charge in [-0.3, -0.25) is 4.68 Å². The molecule has 1 unspecified atom stereocenters. The van der Waals surface area contributed by atoms with Crippen LogP contribution in [-0.4, -0.2) is 26.0 Å². The number of aromatic nitrogens is 3.